The van der Waals surface area contributed by atoms with Gasteiger partial charge in [0, 0.05) is 6.07 Å². The van der Waals surface area contributed by atoms with E-state index in [1.807, 2.05) is 0 Å². The van der Waals surface area contributed by atoms with Crippen LogP contribution in [-0.2, 0) is 0 Å². The molecule has 0 amide bonds. The van der Waals surface area contributed by atoms with E-state index in [1.165, 1.54) is 0 Å². The Bertz CT molecular complexity index is 296. The van der Waals surface area contributed by atoms with Crippen LogP contribution in [0.25, 0.3) is 0 Å². The quantitative estimate of drug-likeness (QED) is 0.720. The van der Waals surface area contributed by atoms with Crippen molar-refractivity contribution in [1.29, 1.82) is 0 Å². The second-order valence-corrected chi connectivity index (χ2v) is 2.32. The van der Waals surface area contributed by atoms with Gasteiger partial charge in [-0.1, -0.05) is 11.6 Å². The Hall–Kier alpha value is -1.24. The number of anilines is 1. The van der Waals surface area contributed by atoms with Gasteiger partial charge < -0.3 is 10.5 Å². The Morgan fingerprint density at radius 2 is 2.00 bits per heavy atom. The van der Waals surface area contributed by atoms with Gasteiger partial charge in [0.15, 0.2) is 0 Å². The van der Waals surface area contributed by atoms with Crippen molar-refractivity contribution in [1.82, 2.24) is 9.97 Å². The number of aromatic nitrogens is 2. The molecule has 0 aliphatic rings. The monoisotopic (exact) mass is 213 g/mol. The summed E-state index contributed by atoms with van der Waals surface area (Å²) in [4.78, 5) is 6.51. The second-order valence-electron chi connectivity index (χ2n) is 1.93. The lowest BCUT2D eigenvalue weighted by Crippen LogP contribution is -2.18. The van der Waals surface area contributed by atoms with Crippen molar-refractivity contribution in [3.05, 3.63) is 11.2 Å². The predicted octanol–water partition coefficient (Wildman–Crippen LogP) is 1.61. The van der Waals surface area contributed by atoms with Crippen LogP contribution in [0.2, 0.25) is 5.15 Å². The molecule has 0 saturated heterocycles. The average molecular weight is 214 g/mol. The summed E-state index contributed by atoms with van der Waals surface area (Å²) in [5.74, 6) is -1.11. The van der Waals surface area contributed by atoms with Gasteiger partial charge in [0.1, 0.15) is 5.15 Å². The normalized spacial score (nSPS) is 11.4. The van der Waals surface area contributed by atoms with Crippen LogP contribution >= 0.6 is 11.6 Å². The summed E-state index contributed by atoms with van der Waals surface area (Å²) in [5, 5.41) is -0.216. The molecule has 0 bridgehead atoms. The topological polar surface area (TPSA) is 61.0 Å². The van der Waals surface area contributed by atoms with Crippen molar-refractivity contribution < 1.29 is 17.9 Å². The average Bonchev–Trinajstić information content (AvgIpc) is 1.78. The first kappa shape index (κ1) is 9.85. The van der Waals surface area contributed by atoms with Crippen molar-refractivity contribution in [3.8, 4) is 5.88 Å². The lowest BCUT2D eigenvalue weighted by molar-refractivity contribution is -0.276. The van der Waals surface area contributed by atoms with E-state index in [4.69, 9.17) is 17.3 Å². The molecule has 0 aliphatic heterocycles. The molecule has 0 aliphatic carbocycles. The summed E-state index contributed by atoms with van der Waals surface area (Å²) < 4.78 is 38.4. The maximum atomic E-state index is 11.6. The molecular formula is C5H3ClF3N3O. The van der Waals surface area contributed by atoms with Crippen LogP contribution in [0.4, 0.5) is 19.1 Å². The lowest BCUT2D eigenvalue weighted by atomic mass is 10.6. The fourth-order valence-corrected chi connectivity index (χ4v) is 0.765. The zero-order valence-electron chi connectivity index (χ0n) is 5.97. The maximum absolute atomic E-state index is 11.6. The lowest BCUT2D eigenvalue weighted by Gasteiger charge is -2.07. The van der Waals surface area contributed by atoms with E-state index in [0.29, 0.717) is 0 Å². The van der Waals surface area contributed by atoms with E-state index in [-0.39, 0.29) is 11.1 Å². The number of nitrogen functional groups attached to an aromatic ring is 1. The molecule has 2 N–H and O–H groups in total. The Labute approximate surface area is 75.5 Å². The van der Waals surface area contributed by atoms with Gasteiger partial charge in [-0.3, -0.25) is 0 Å². The summed E-state index contributed by atoms with van der Waals surface area (Å²) in [6, 6.07) is 0.811. The molecule has 13 heavy (non-hydrogen) atoms. The Morgan fingerprint density at radius 1 is 1.38 bits per heavy atom. The van der Waals surface area contributed by atoms with E-state index in [2.05, 4.69) is 14.7 Å². The molecule has 1 aromatic rings. The van der Waals surface area contributed by atoms with Crippen molar-refractivity contribution in [3.63, 3.8) is 0 Å². The van der Waals surface area contributed by atoms with Crippen molar-refractivity contribution in [2.75, 3.05) is 5.73 Å². The highest BCUT2D eigenvalue weighted by molar-refractivity contribution is 6.29. The number of rotatable bonds is 1. The molecule has 0 saturated carbocycles. The fraction of sp³-hybridized carbons (Fsp3) is 0.200. The van der Waals surface area contributed by atoms with Crippen LogP contribution in [-0.4, -0.2) is 16.3 Å². The first-order valence-corrected chi connectivity index (χ1v) is 3.30. The molecule has 0 unspecified atom stereocenters. The smallest absolute Gasteiger partial charge is 0.388 e. The Kier molecular flexibility index (Phi) is 2.46. The zero-order chi connectivity index (χ0) is 10.1. The standard InChI is InChI=1S/C5H3ClF3N3O/c6-2-1-3(12-4(10)11-2)13-5(7,8)9/h1H,(H2,10,11,12). The molecule has 0 spiro atoms. The summed E-state index contributed by atoms with van der Waals surface area (Å²) in [6.07, 6.45) is -4.82. The minimum atomic E-state index is -4.82. The van der Waals surface area contributed by atoms with Crippen molar-refractivity contribution >= 4 is 17.5 Å². The van der Waals surface area contributed by atoms with Crippen LogP contribution < -0.4 is 10.5 Å². The van der Waals surface area contributed by atoms with E-state index in [0.717, 1.165) is 6.07 Å². The van der Waals surface area contributed by atoms with E-state index < -0.39 is 12.2 Å². The Morgan fingerprint density at radius 3 is 2.46 bits per heavy atom. The van der Waals surface area contributed by atoms with Gasteiger partial charge in [-0.2, -0.15) is 4.98 Å². The van der Waals surface area contributed by atoms with Gasteiger partial charge in [0.05, 0.1) is 0 Å². The first-order valence-electron chi connectivity index (χ1n) is 2.92. The molecule has 1 aromatic heterocycles. The molecule has 1 rings (SSSR count). The van der Waals surface area contributed by atoms with Gasteiger partial charge in [-0.15, -0.1) is 13.2 Å². The van der Waals surface area contributed by atoms with Crippen LogP contribution in [0, 0.1) is 0 Å². The van der Waals surface area contributed by atoms with Gasteiger partial charge in [0.25, 0.3) is 0 Å². The van der Waals surface area contributed by atoms with Gasteiger partial charge in [-0.25, -0.2) is 4.98 Å². The molecule has 1 heterocycles. The highest BCUT2D eigenvalue weighted by Gasteiger charge is 2.32. The minimum Gasteiger partial charge on any atom is -0.388 e. The van der Waals surface area contributed by atoms with Crippen LogP contribution in [0.3, 0.4) is 0 Å². The number of ether oxygens (including phenoxy) is 1. The predicted molar refractivity (Wildman–Crippen MR) is 38.1 cm³/mol. The minimum absolute atomic E-state index is 0.216. The number of nitrogens with zero attached hydrogens (tertiary/aromatic N) is 2. The van der Waals surface area contributed by atoms with Gasteiger partial charge >= 0.3 is 6.36 Å². The molecular weight excluding hydrogens is 211 g/mol. The van der Waals surface area contributed by atoms with Crippen LogP contribution in [0.5, 0.6) is 5.88 Å². The molecule has 4 nitrogen and oxygen atoms in total. The molecule has 8 heteroatoms. The number of nitrogens with two attached hydrogens (primary N) is 1. The third-order valence-corrected chi connectivity index (χ3v) is 1.10. The maximum Gasteiger partial charge on any atom is 0.574 e. The molecule has 0 fully saturated rings. The third kappa shape index (κ3) is 3.32. The summed E-state index contributed by atoms with van der Waals surface area (Å²) in [7, 11) is 0. The molecule has 0 radical (unpaired) electrons. The second kappa shape index (κ2) is 3.25. The number of halogens is 4. The van der Waals surface area contributed by atoms with E-state index in [9.17, 15) is 13.2 Å². The zero-order valence-corrected chi connectivity index (χ0v) is 6.73. The molecule has 0 aromatic carbocycles. The first-order chi connectivity index (χ1) is 5.87. The van der Waals surface area contributed by atoms with Gasteiger partial charge in [0.2, 0.25) is 11.8 Å². The molecule has 72 valence electrons. The summed E-state index contributed by atoms with van der Waals surface area (Å²) in [5.41, 5.74) is 5.02. The summed E-state index contributed by atoms with van der Waals surface area (Å²) in [6.45, 7) is 0. The van der Waals surface area contributed by atoms with Crippen molar-refractivity contribution in [2.24, 2.45) is 0 Å². The van der Waals surface area contributed by atoms with E-state index in [1.54, 1.807) is 0 Å². The highest BCUT2D eigenvalue weighted by Crippen LogP contribution is 2.22. The van der Waals surface area contributed by atoms with Gasteiger partial charge in [-0.05, 0) is 0 Å². The number of hydrogen-bond acceptors (Lipinski definition) is 4. The van der Waals surface area contributed by atoms with Crippen LogP contribution in [0.15, 0.2) is 6.07 Å². The number of alkyl halides is 3. The molecule has 0 atom stereocenters. The number of hydrogen-bond donors (Lipinski definition) is 1. The van der Waals surface area contributed by atoms with E-state index >= 15 is 0 Å². The SMILES string of the molecule is Nc1nc(Cl)cc(OC(F)(F)F)n1. The largest absolute Gasteiger partial charge is 0.574 e. The highest BCUT2D eigenvalue weighted by atomic mass is 35.5. The van der Waals surface area contributed by atoms with Crippen molar-refractivity contribution in [2.45, 2.75) is 6.36 Å². The Balaban J connectivity index is 2.90. The van der Waals surface area contributed by atoms with Crippen LogP contribution in [0.1, 0.15) is 0 Å². The summed E-state index contributed by atoms with van der Waals surface area (Å²) >= 11 is 5.30. The third-order valence-electron chi connectivity index (χ3n) is 0.909. The fourth-order valence-electron chi connectivity index (χ4n) is 0.585.